The number of benzene rings is 1. The van der Waals surface area contributed by atoms with Crippen molar-refractivity contribution in [2.75, 3.05) is 5.32 Å². The number of aromatic nitrogens is 2. The van der Waals surface area contributed by atoms with Gasteiger partial charge in [0.1, 0.15) is 0 Å². The molecular formula is C14H11N3O. The van der Waals surface area contributed by atoms with E-state index in [1.54, 1.807) is 30.7 Å². The van der Waals surface area contributed by atoms with Crippen LogP contribution in [0, 0.1) is 0 Å². The zero-order chi connectivity index (χ0) is 12.4. The lowest BCUT2D eigenvalue weighted by atomic mass is 10.1. The Bertz CT molecular complexity index is 688. The van der Waals surface area contributed by atoms with Gasteiger partial charge in [0.25, 0.3) is 5.91 Å². The van der Waals surface area contributed by atoms with Crippen LogP contribution in [0.1, 0.15) is 10.4 Å². The van der Waals surface area contributed by atoms with Gasteiger partial charge in [-0.1, -0.05) is 18.2 Å². The number of H-pyrrole nitrogens is 1. The van der Waals surface area contributed by atoms with E-state index in [1.807, 2.05) is 24.3 Å². The molecular weight excluding hydrogens is 226 g/mol. The van der Waals surface area contributed by atoms with Crippen LogP contribution in [-0.2, 0) is 0 Å². The van der Waals surface area contributed by atoms with Gasteiger partial charge in [0, 0.05) is 35.2 Å². The van der Waals surface area contributed by atoms with Gasteiger partial charge in [0.2, 0.25) is 0 Å². The maximum absolute atomic E-state index is 12.1. The highest BCUT2D eigenvalue weighted by molar-refractivity contribution is 6.12. The summed E-state index contributed by atoms with van der Waals surface area (Å²) in [5, 5.41) is 3.76. The number of para-hydroxylation sites is 1. The Morgan fingerprint density at radius 2 is 1.89 bits per heavy atom. The van der Waals surface area contributed by atoms with E-state index in [4.69, 9.17) is 0 Å². The number of amides is 1. The summed E-state index contributed by atoms with van der Waals surface area (Å²) in [6.07, 6.45) is 5.01. The van der Waals surface area contributed by atoms with Crippen LogP contribution in [-0.4, -0.2) is 15.9 Å². The number of rotatable bonds is 2. The minimum absolute atomic E-state index is 0.126. The molecule has 0 unspecified atom stereocenters. The van der Waals surface area contributed by atoms with Crippen molar-refractivity contribution in [3.05, 3.63) is 60.6 Å². The first-order chi connectivity index (χ1) is 8.84. The molecule has 0 fully saturated rings. The van der Waals surface area contributed by atoms with Gasteiger partial charge in [-0.15, -0.1) is 0 Å². The first-order valence-corrected chi connectivity index (χ1v) is 5.62. The van der Waals surface area contributed by atoms with E-state index in [9.17, 15) is 4.79 Å². The van der Waals surface area contributed by atoms with Crippen molar-refractivity contribution in [2.24, 2.45) is 0 Å². The quantitative estimate of drug-likeness (QED) is 0.720. The standard InChI is InChI=1S/C14H11N3O/c18-14(17-10-5-7-15-8-6-10)12-9-16-13-4-2-1-3-11(12)13/h1-9,16H,(H,15,17,18). The molecule has 0 bridgehead atoms. The van der Waals surface area contributed by atoms with Crippen molar-refractivity contribution in [1.29, 1.82) is 0 Å². The molecule has 2 N–H and O–H groups in total. The summed E-state index contributed by atoms with van der Waals surface area (Å²) in [7, 11) is 0. The molecule has 0 radical (unpaired) electrons. The fourth-order valence-corrected chi connectivity index (χ4v) is 1.89. The van der Waals surface area contributed by atoms with Gasteiger partial charge < -0.3 is 10.3 Å². The predicted molar refractivity (Wildman–Crippen MR) is 70.5 cm³/mol. The third-order valence-corrected chi connectivity index (χ3v) is 2.77. The number of anilines is 1. The van der Waals surface area contributed by atoms with Crippen LogP contribution < -0.4 is 5.32 Å². The molecule has 2 heterocycles. The van der Waals surface area contributed by atoms with Gasteiger partial charge in [-0.2, -0.15) is 0 Å². The van der Waals surface area contributed by atoms with Gasteiger partial charge in [0.05, 0.1) is 5.56 Å². The summed E-state index contributed by atoms with van der Waals surface area (Å²) < 4.78 is 0. The lowest BCUT2D eigenvalue weighted by molar-refractivity contribution is 0.102. The third-order valence-electron chi connectivity index (χ3n) is 2.77. The molecule has 18 heavy (non-hydrogen) atoms. The van der Waals surface area contributed by atoms with Crippen molar-refractivity contribution in [3.63, 3.8) is 0 Å². The number of pyridine rings is 1. The molecule has 1 aromatic carbocycles. The Balaban J connectivity index is 1.93. The second-order valence-corrected chi connectivity index (χ2v) is 3.94. The van der Waals surface area contributed by atoms with Gasteiger partial charge in [0.15, 0.2) is 0 Å². The molecule has 1 amide bonds. The Morgan fingerprint density at radius 3 is 2.72 bits per heavy atom. The molecule has 2 aromatic heterocycles. The average molecular weight is 237 g/mol. The Morgan fingerprint density at radius 1 is 1.11 bits per heavy atom. The molecule has 0 aliphatic heterocycles. The summed E-state index contributed by atoms with van der Waals surface area (Å²) >= 11 is 0. The topological polar surface area (TPSA) is 57.8 Å². The number of carbonyl (C=O) groups is 1. The minimum Gasteiger partial charge on any atom is -0.360 e. The molecule has 0 saturated heterocycles. The first kappa shape index (κ1) is 10.5. The molecule has 3 rings (SSSR count). The van der Waals surface area contributed by atoms with Crippen molar-refractivity contribution in [3.8, 4) is 0 Å². The summed E-state index contributed by atoms with van der Waals surface area (Å²) in [4.78, 5) is 19.1. The molecule has 4 heteroatoms. The lowest BCUT2D eigenvalue weighted by Gasteiger charge is -2.03. The maximum atomic E-state index is 12.1. The smallest absolute Gasteiger partial charge is 0.257 e. The fourth-order valence-electron chi connectivity index (χ4n) is 1.89. The molecule has 0 spiro atoms. The first-order valence-electron chi connectivity index (χ1n) is 5.62. The molecule has 0 aliphatic carbocycles. The number of aromatic amines is 1. The predicted octanol–water partition coefficient (Wildman–Crippen LogP) is 2.82. The summed E-state index contributed by atoms with van der Waals surface area (Å²) in [6.45, 7) is 0. The molecule has 0 atom stereocenters. The monoisotopic (exact) mass is 237 g/mol. The van der Waals surface area contributed by atoms with Crippen molar-refractivity contribution in [1.82, 2.24) is 9.97 Å². The summed E-state index contributed by atoms with van der Waals surface area (Å²) in [5.74, 6) is -0.126. The highest BCUT2D eigenvalue weighted by Gasteiger charge is 2.11. The number of hydrogen-bond acceptors (Lipinski definition) is 2. The fraction of sp³-hybridized carbons (Fsp3) is 0. The number of nitrogens with zero attached hydrogens (tertiary/aromatic N) is 1. The SMILES string of the molecule is O=C(Nc1ccncc1)c1c[nH]c2ccccc12. The van der Waals surface area contributed by atoms with Gasteiger partial charge in [-0.05, 0) is 18.2 Å². The zero-order valence-electron chi connectivity index (χ0n) is 9.55. The van der Waals surface area contributed by atoms with Crippen LogP contribution in [0.2, 0.25) is 0 Å². The highest BCUT2D eigenvalue weighted by Crippen LogP contribution is 2.18. The van der Waals surface area contributed by atoms with Crippen LogP contribution in [0.25, 0.3) is 10.9 Å². The highest BCUT2D eigenvalue weighted by atomic mass is 16.1. The van der Waals surface area contributed by atoms with Crippen LogP contribution in [0.5, 0.6) is 0 Å². The largest absolute Gasteiger partial charge is 0.360 e. The van der Waals surface area contributed by atoms with E-state index in [0.29, 0.717) is 5.56 Å². The second kappa shape index (κ2) is 4.33. The van der Waals surface area contributed by atoms with E-state index >= 15 is 0 Å². The van der Waals surface area contributed by atoms with E-state index < -0.39 is 0 Å². The van der Waals surface area contributed by atoms with Gasteiger partial charge in [-0.25, -0.2) is 0 Å². The van der Waals surface area contributed by atoms with Crippen LogP contribution in [0.3, 0.4) is 0 Å². The number of hydrogen-bond donors (Lipinski definition) is 2. The van der Waals surface area contributed by atoms with Crippen molar-refractivity contribution >= 4 is 22.5 Å². The lowest BCUT2D eigenvalue weighted by Crippen LogP contribution is -2.11. The van der Waals surface area contributed by atoms with E-state index in [1.165, 1.54) is 0 Å². The molecule has 4 nitrogen and oxygen atoms in total. The Kier molecular flexibility index (Phi) is 2.53. The van der Waals surface area contributed by atoms with E-state index in [0.717, 1.165) is 16.6 Å². The van der Waals surface area contributed by atoms with Crippen LogP contribution >= 0.6 is 0 Å². The molecule has 0 aliphatic rings. The number of carbonyl (C=O) groups excluding carboxylic acids is 1. The average Bonchev–Trinajstić information content (AvgIpc) is 2.84. The third kappa shape index (κ3) is 1.84. The molecule has 0 saturated carbocycles. The van der Waals surface area contributed by atoms with E-state index in [2.05, 4.69) is 15.3 Å². The zero-order valence-corrected chi connectivity index (χ0v) is 9.55. The Labute approximate surface area is 104 Å². The van der Waals surface area contributed by atoms with E-state index in [-0.39, 0.29) is 5.91 Å². The van der Waals surface area contributed by atoms with Crippen LogP contribution in [0.4, 0.5) is 5.69 Å². The van der Waals surface area contributed by atoms with Gasteiger partial charge in [-0.3, -0.25) is 9.78 Å². The number of nitrogens with one attached hydrogen (secondary N) is 2. The summed E-state index contributed by atoms with van der Waals surface area (Å²) in [6, 6.07) is 11.2. The minimum atomic E-state index is -0.126. The summed E-state index contributed by atoms with van der Waals surface area (Å²) in [5.41, 5.74) is 2.33. The van der Waals surface area contributed by atoms with Gasteiger partial charge >= 0.3 is 0 Å². The Hall–Kier alpha value is -2.62. The molecule has 3 aromatic rings. The number of fused-ring (bicyclic) bond motifs is 1. The second-order valence-electron chi connectivity index (χ2n) is 3.94. The van der Waals surface area contributed by atoms with Crippen molar-refractivity contribution in [2.45, 2.75) is 0 Å². The van der Waals surface area contributed by atoms with Crippen LogP contribution in [0.15, 0.2) is 55.0 Å². The van der Waals surface area contributed by atoms with Crippen molar-refractivity contribution < 1.29 is 4.79 Å². The molecule has 88 valence electrons. The normalized spacial score (nSPS) is 10.4. The maximum Gasteiger partial charge on any atom is 0.257 e.